The summed E-state index contributed by atoms with van der Waals surface area (Å²) in [6.07, 6.45) is 15.9. The van der Waals surface area contributed by atoms with Crippen molar-refractivity contribution in [2.24, 2.45) is 0 Å². The Labute approximate surface area is 229 Å². The minimum Gasteiger partial charge on any atom is -0.510 e. The Balaban J connectivity index is 0.000000168. The van der Waals surface area contributed by atoms with Crippen molar-refractivity contribution in [2.75, 3.05) is 47.8 Å². The summed E-state index contributed by atoms with van der Waals surface area (Å²) in [6.45, 7) is 7.95. The Kier molecular flexibility index (Phi) is 8.13. The second-order valence-corrected chi connectivity index (χ2v) is 8.65. The van der Waals surface area contributed by atoms with Crippen molar-refractivity contribution >= 4 is 23.3 Å². The molecule has 2 aromatic heterocycles. The molecule has 0 fully saturated rings. The van der Waals surface area contributed by atoms with Gasteiger partial charge >= 0.3 is 0 Å². The summed E-state index contributed by atoms with van der Waals surface area (Å²) in [7, 11) is 7.97. The summed E-state index contributed by atoms with van der Waals surface area (Å²) in [6, 6.07) is 12.0. The zero-order valence-corrected chi connectivity index (χ0v) is 22.2. The number of rotatable bonds is 4. The fourth-order valence-corrected chi connectivity index (χ4v) is 3.74. The summed E-state index contributed by atoms with van der Waals surface area (Å²) < 4.78 is 0. The van der Waals surface area contributed by atoms with E-state index >= 15 is 0 Å². The quantitative estimate of drug-likeness (QED) is 0.425. The number of pyridine rings is 2. The maximum atomic E-state index is 4.64. The van der Waals surface area contributed by atoms with Gasteiger partial charge in [0.1, 0.15) is 23.3 Å². The second kappa shape index (κ2) is 11.5. The minimum atomic E-state index is 0. The third kappa shape index (κ3) is 6.29. The predicted molar refractivity (Wildman–Crippen MR) is 143 cm³/mol. The molecule has 6 rings (SSSR count). The average Bonchev–Trinajstić information content (AvgIpc) is 3.69. The molecule has 4 aliphatic rings. The smallest absolute Gasteiger partial charge is 0.106 e. The first-order valence-corrected chi connectivity index (χ1v) is 11.5. The van der Waals surface area contributed by atoms with Crippen molar-refractivity contribution in [3.05, 3.63) is 113 Å². The Hall–Kier alpha value is -3.85. The molecule has 0 spiro atoms. The zero-order chi connectivity index (χ0) is 25.1. The standard InChI is InChI=1S/2C13H15N5.Ni/c2*1-15-6-8-17(10-15)12-4-3-5-13(14-12)18-9-7-16(2)11-18;/h2*3-11H,1-2H3;/q2*-2;. The molecule has 4 aliphatic heterocycles. The third-order valence-corrected chi connectivity index (χ3v) is 5.57. The SMILES string of the molecule is CN1C=CN(c2cccc(N3C=CN(C)[CH-]3)n2)[CH-]1.CN1C=CN(c2cccc(N3C=CN(C)[CH-]3)n2)[CH-]1.[Ni]. The molecule has 0 N–H and O–H groups in total. The first-order chi connectivity index (χ1) is 17.4. The molecular formula is C26H30N10Ni-4. The minimum absolute atomic E-state index is 0. The van der Waals surface area contributed by atoms with Gasteiger partial charge in [-0.05, 0) is 102 Å². The third-order valence-electron chi connectivity index (χ3n) is 5.57. The van der Waals surface area contributed by atoms with Crippen LogP contribution in [0.4, 0.5) is 23.3 Å². The van der Waals surface area contributed by atoms with Gasteiger partial charge in [0.2, 0.25) is 0 Å². The van der Waals surface area contributed by atoms with Crippen LogP contribution in [0, 0.1) is 26.7 Å². The van der Waals surface area contributed by atoms with Gasteiger partial charge in [-0.2, -0.15) is 0 Å². The van der Waals surface area contributed by atoms with Crippen LogP contribution in [-0.2, 0) is 16.5 Å². The molecule has 6 heterocycles. The number of nitrogens with zero attached hydrogens (tertiary/aromatic N) is 10. The molecule has 11 heteroatoms. The van der Waals surface area contributed by atoms with Crippen molar-refractivity contribution in [2.45, 2.75) is 0 Å². The van der Waals surface area contributed by atoms with Gasteiger partial charge < -0.3 is 39.2 Å². The number of aromatic nitrogens is 2. The molecule has 2 aromatic rings. The van der Waals surface area contributed by atoms with Gasteiger partial charge in [-0.15, -0.1) is 26.7 Å². The number of hydrogen-bond donors (Lipinski definition) is 0. The van der Waals surface area contributed by atoms with Crippen molar-refractivity contribution in [3.8, 4) is 0 Å². The fourth-order valence-electron chi connectivity index (χ4n) is 3.74. The molecular weight excluding hydrogens is 511 g/mol. The molecule has 10 nitrogen and oxygen atoms in total. The van der Waals surface area contributed by atoms with E-state index in [1.54, 1.807) is 0 Å². The van der Waals surface area contributed by atoms with E-state index in [0.29, 0.717) is 0 Å². The van der Waals surface area contributed by atoms with E-state index in [9.17, 15) is 0 Å². The van der Waals surface area contributed by atoms with Gasteiger partial charge in [-0.3, -0.25) is 0 Å². The second-order valence-electron chi connectivity index (χ2n) is 8.65. The Morgan fingerprint density at radius 3 is 0.865 bits per heavy atom. The first kappa shape index (κ1) is 26.2. The van der Waals surface area contributed by atoms with Crippen LogP contribution < -0.4 is 19.6 Å². The predicted octanol–water partition coefficient (Wildman–Crippen LogP) is 3.53. The number of anilines is 4. The van der Waals surface area contributed by atoms with Crippen LogP contribution in [0.25, 0.3) is 0 Å². The van der Waals surface area contributed by atoms with Crippen molar-refractivity contribution in [1.29, 1.82) is 0 Å². The summed E-state index contributed by atoms with van der Waals surface area (Å²) in [5.74, 6) is 3.63. The van der Waals surface area contributed by atoms with Crippen LogP contribution in [0.15, 0.2) is 86.0 Å². The van der Waals surface area contributed by atoms with Crippen molar-refractivity contribution in [1.82, 2.24) is 29.6 Å². The molecule has 0 amide bonds. The van der Waals surface area contributed by atoms with Crippen LogP contribution in [0.1, 0.15) is 0 Å². The average molecular weight is 541 g/mol. The van der Waals surface area contributed by atoms with E-state index in [0.717, 1.165) is 23.3 Å². The normalized spacial score (nSPS) is 17.8. The molecule has 0 bridgehead atoms. The molecule has 0 aliphatic carbocycles. The Morgan fingerprint density at radius 1 is 0.432 bits per heavy atom. The van der Waals surface area contributed by atoms with Gasteiger partial charge in [0.15, 0.2) is 0 Å². The molecule has 37 heavy (non-hydrogen) atoms. The summed E-state index contributed by atoms with van der Waals surface area (Å²) in [4.78, 5) is 25.2. The summed E-state index contributed by atoms with van der Waals surface area (Å²) in [5, 5.41) is 0. The molecule has 0 atom stereocenters. The molecule has 0 radical (unpaired) electrons. The van der Waals surface area contributed by atoms with Gasteiger partial charge in [0.25, 0.3) is 0 Å². The number of hydrogen-bond acceptors (Lipinski definition) is 10. The van der Waals surface area contributed by atoms with Crippen LogP contribution in [0.5, 0.6) is 0 Å². The first-order valence-electron chi connectivity index (χ1n) is 11.5. The van der Waals surface area contributed by atoms with Crippen molar-refractivity contribution in [3.63, 3.8) is 0 Å². The maximum Gasteiger partial charge on any atom is 0.106 e. The van der Waals surface area contributed by atoms with Gasteiger partial charge in [0, 0.05) is 16.5 Å². The van der Waals surface area contributed by atoms with Crippen LogP contribution in [0.3, 0.4) is 0 Å². The fraction of sp³-hybridized carbons (Fsp3) is 0.154. The monoisotopic (exact) mass is 540 g/mol. The summed E-state index contributed by atoms with van der Waals surface area (Å²) in [5.41, 5.74) is 0. The molecule has 0 saturated heterocycles. The van der Waals surface area contributed by atoms with E-state index in [1.807, 2.05) is 180 Å². The van der Waals surface area contributed by atoms with Gasteiger partial charge in [0.05, 0.1) is 0 Å². The van der Waals surface area contributed by atoms with Crippen molar-refractivity contribution < 1.29 is 16.5 Å². The molecule has 0 unspecified atom stereocenters. The van der Waals surface area contributed by atoms with Gasteiger partial charge in [-0.25, -0.2) is 9.97 Å². The molecule has 0 saturated carbocycles. The van der Waals surface area contributed by atoms with E-state index in [-0.39, 0.29) is 16.5 Å². The molecule has 0 aromatic carbocycles. The largest absolute Gasteiger partial charge is 0.510 e. The maximum absolute atomic E-state index is 4.64. The molecule has 198 valence electrons. The van der Waals surface area contributed by atoms with E-state index in [1.165, 1.54) is 0 Å². The topological polar surface area (TPSA) is 51.7 Å². The van der Waals surface area contributed by atoms with Crippen LogP contribution in [-0.4, -0.2) is 57.8 Å². The Bertz CT molecular complexity index is 1010. The van der Waals surface area contributed by atoms with E-state index in [2.05, 4.69) is 9.97 Å². The zero-order valence-electron chi connectivity index (χ0n) is 21.2. The van der Waals surface area contributed by atoms with E-state index < -0.39 is 0 Å². The summed E-state index contributed by atoms with van der Waals surface area (Å²) >= 11 is 0. The Morgan fingerprint density at radius 2 is 0.676 bits per heavy atom. The van der Waals surface area contributed by atoms with E-state index in [4.69, 9.17) is 0 Å². The van der Waals surface area contributed by atoms with Gasteiger partial charge in [-0.1, -0.05) is 12.1 Å². The van der Waals surface area contributed by atoms with Crippen LogP contribution >= 0.6 is 0 Å². The van der Waals surface area contributed by atoms with Crippen LogP contribution in [0.2, 0.25) is 0 Å².